The summed E-state index contributed by atoms with van der Waals surface area (Å²) in [5.74, 6) is 0.0624. The minimum Gasteiger partial charge on any atom is -0.744 e. The number of nitrogens with zero attached hydrogens (tertiary/aromatic N) is 1. The Labute approximate surface area is 157 Å². The Bertz CT molecular complexity index is 811. The minimum atomic E-state index is -4.55. The van der Waals surface area contributed by atoms with E-state index in [1.807, 2.05) is 83.7 Å². The number of hydrogen-bond acceptors (Lipinski definition) is 4. The third-order valence-corrected chi connectivity index (χ3v) is 4.67. The van der Waals surface area contributed by atoms with Gasteiger partial charge in [-0.1, -0.05) is 47.6 Å². The first kappa shape index (κ1) is 22.1. The number of rotatable bonds is 1. The second kappa shape index (κ2) is 7.76. The van der Waals surface area contributed by atoms with Gasteiger partial charge in [0.25, 0.3) is 0 Å². The van der Waals surface area contributed by atoms with Crippen LogP contribution in [0.4, 0.5) is 0 Å². The highest BCUT2D eigenvalue weighted by Crippen LogP contribution is 2.40. The molecule has 0 saturated heterocycles. The van der Waals surface area contributed by atoms with Gasteiger partial charge in [-0.2, -0.15) is 0 Å². The fraction of sp³-hybridized carbons (Fsp3) is 0.450. The van der Waals surface area contributed by atoms with E-state index >= 15 is 0 Å². The molecule has 0 radical (unpaired) electrons. The van der Waals surface area contributed by atoms with Gasteiger partial charge in [0.15, 0.2) is 12.4 Å². The number of aryl methyl sites for hydroxylation is 1. The molecule has 0 aliphatic rings. The summed E-state index contributed by atoms with van der Waals surface area (Å²) < 4.78 is 35.8. The Balaban J connectivity index is 0.000000401. The molecule has 0 unspecified atom stereocenters. The molecule has 0 aliphatic carbocycles. The monoisotopic (exact) mass is 379 g/mol. The Hall–Kier alpha value is -1.92. The van der Waals surface area contributed by atoms with E-state index in [2.05, 4.69) is 0 Å². The molecular formula is C20H29NO4S. The first-order valence-electron chi connectivity index (χ1n) is 8.38. The summed E-state index contributed by atoms with van der Waals surface area (Å²) in [6.45, 7) is 11.1. The van der Waals surface area contributed by atoms with Gasteiger partial charge in [-0.25, -0.2) is 13.0 Å². The largest absolute Gasteiger partial charge is 0.744 e. The van der Waals surface area contributed by atoms with Crippen LogP contribution in [0.25, 0.3) is 0 Å². The van der Waals surface area contributed by atoms with E-state index in [4.69, 9.17) is 0 Å². The van der Waals surface area contributed by atoms with Crippen LogP contribution in [0, 0.1) is 0 Å². The number of phenols is 1. The smallest absolute Gasteiger partial charge is 0.168 e. The average Bonchev–Trinajstić information content (AvgIpc) is 2.45. The predicted molar refractivity (Wildman–Crippen MR) is 101 cm³/mol. The summed E-state index contributed by atoms with van der Waals surface area (Å²) >= 11 is 0. The molecule has 1 aromatic carbocycles. The van der Waals surface area contributed by atoms with Crippen LogP contribution in [-0.2, 0) is 28.0 Å². The van der Waals surface area contributed by atoms with Crippen molar-refractivity contribution in [1.82, 2.24) is 0 Å². The first-order valence-corrected chi connectivity index (χ1v) is 9.79. The molecular weight excluding hydrogens is 350 g/mol. The zero-order valence-electron chi connectivity index (χ0n) is 16.6. The molecule has 1 heterocycles. The van der Waals surface area contributed by atoms with E-state index in [9.17, 15) is 18.1 Å². The van der Waals surface area contributed by atoms with Crippen molar-refractivity contribution >= 4 is 10.1 Å². The van der Waals surface area contributed by atoms with Crippen LogP contribution in [0.15, 0.2) is 47.6 Å². The van der Waals surface area contributed by atoms with Crippen molar-refractivity contribution in [2.24, 2.45) is 7.05 Å². The van der Waals surface area contributed by atoms with Gasteiger partial charge in [0.1, 0.15) is 22.9 Å². The molecule has 0 fully saturated rings. The molecule has 0 saturated carbocycles. The van der Waals surface area contributed by atoms with Gasteiger partial charge in [-0.05, 0) is 23.0 Å². The SMILES string of the molecule is CC(C)(C)c1cc(S(=O)(=O)[O-])cc(C(C)(C)C)c1O.C[n+]1ccccc1. The van der Waals surface area contributed by atoms with E-state index in [1.165, 1.54) is 12.1 Å². The predicted octanol–water partition coefficient (Wildman–Crippen LogP) is 3.40. The second-order valence-electron chi connectivity index (χ2n) is 8.36. The van der Waals surface area contributed by atoms with Gasteiger partial charge in [-0.15, -0.1) is 0 Å². The summed E-state index contributed by atoms with van der Waals surface area (Å²) in [5.41, 5.74) is 0.0268. The maximum Gasteiger partial charge on any atom is 0.168 e. The lowest BCUT2D eigenvalue weighted by Crippen LogP contribution is -2.25. The molecule has 2 rings (SSSR count). The first-order chi connectivity index (χ1) is 11.6. The molecule has 1 N–H and O–H groups in total. The average molecular weight is 380 g/mol. The third-order valence-electron chi connectivity index (χ3n) is 3.85. The maximum atomic E-state index is 11.3. The van der Waals surface area contributed by atoms with Gasteiger partial charge in [0.05, 0.1) is 4.90 Å². The van der Waals surface area contributed by atoms with Crippen LogP contribution in [-0.4, -0.2) is 18.1 Å². The van der Waals surface area contributed by atoms with Crippen molar-refractivity contribution in [2.75, 3.05) is 0 Å². The van der Waals surface area contributed by atoms with Crippen LogP contribution < -0.4 is 4.57 Å². The van der Waals surface area contributed by atoms with Crippen LogP contribution in [0.2, 0.25) is 0 Å². The highest BCUT2D eigenvalue weighted by atomic mass is 32.2. The molecule has 5 nitrogen and oxygen atoms in total. The molecule has 2 aromatic rings. The normalized spacial score (nSPS) is 12.3. The van der Waals surface area contributed by atoms with Gasteiger partial charge in [-0.3, -0.25) is 0 Å². The van der Waals surface area contributed by atoms with Crippen molar-refractivity contribution in [1.29, 1.82) is 0 Å². The Kier molecular flexibility index (Phi) is 6.60. The van der Waals surface area contributed by atoms with Crippen molar-refractivity contribution in [3.8, 4) is 5.75 Å². The minimum absolute atomic E-state index is 0.0624. The molecule has 0 amide bonds. The summed E-state index contributed by atoms with van der Waals surface area (Å²) in [4.78, 5) is -0.292. The lowest BCUT2D eigenvalue weighted by Gasteiger charge is -2.28. The Morgan fingerprint density at radius 1 is 0.885 bits per heavy atom. The molecule has 0 atom stereocenters. The molecule has 6 heteroatoms. The molecule has 0 bridgehead atoms. The van der Waals surface area contributed by atoms with Crippen molar-refractivity contribution < 1.29 is 22.6 Å². The van der Waals surface area contributed by atoms with Gasteiger partial charge >= 0.3 is 0 Å². The van der Waals surface area contributed by atoms with Crippen molar-refractivity contribution in [3.63, 3.8) is 0 Å². The fourth-order valence-electron chi connectivity index (χ4n) is 2.38. The quantitative estimate of drug-likeness (QED) is 0.608. The molecule has 144 valence electrons. The molecule has 26 heavy (non-hydrogen) atoms. The third kappa shape index (κ3) is 6.11. The zero-order chi connectivity index (χ0) is 20.3. The number of hydrogen-bond donors (Lipinski definition) is 1. The van der Waals surface area contributed by atoms with E-state index < -0.39 is 20.9 Å². The standard InChI is InChI=1S/C14H22O4S.C6H8N/c1-13(2,3)10-7-9(19(16,17)18)8-11(12(10)15)14(4,5)6;1-7-5-3-2-4-6-7/h7-8,15H,1-6H3,(H,16,17,18);2-6H,1H3/q;+1/p-1. The topological polar surface area (TPSA) is 81.3 Å². The summed E-state index contributed by atoms with van der Waals surface area (Å²) in [5, 5.41) is 10.4. The number of aromatic hydroxyl groups is 1. The molecule has 0 spiro atoms. The van der Waals surface area contributed by atoms with E-state index in [-0.39, 0.29) is 10.6 Å². The number of aromatic nitrogens is 1. The highest BCUT2D eigenvalue weighted by molar-refractivity contribution is 7.85. The lowest BCUT2D eigenvalue weighted by atomic mass is 9.79. The molecule has 1 aromatic heterocycles. The van der Waals surface area contributed by atoms with Crippen LogP contribution >= 0.6 is 0 Å². The van der Waals surface area contributed by atoms with Gasteiger partial charge in [0.2, 0.25) is 0 Å². The van der Waals surface area contributed by atoms with Gasteiger partial charge in [0, 0.05) is 23.3 Å². The lowest BCUT2D eigenvalue weighted by molar-refractivity contribution is -0.671. The van der Waals surface area contributed by atoms with Gasteiger partial charge < -0.3 is 9.66 Å². The Morgan fingerprint density at radius 2 is 1.27 bits per heavy atom. The highest BCUT2D eigenvalue weighted by Gasteiger charge is 2.27. The molecule has 0 aliphatic heterocycles. The van der Waals surface area contributed by atoms with Crippen LogP contribution in [0.1, 0.15) is 52.7 Å². The summed E-state index contributed by atoms with van der Waals surface area (Å²) in [6.07, 6.45) is 4.00. The zero-order valence-corrected chi connectivity index (χ0v) is 17.4. The second-order valence-corrected chi connectivity index (χ2v) is 9.74. The van der Waals surface area contributed by atoms with E-state index in [0.29, 0.717) is 11.1 Å². The summed E-state index contributed by atoms with van der Waals surface area (Å²) in [6, 6.07) is 8.54. The van der Waals surface area contributed by atoms with E-state index in [1.54, 1.807) is 0 Å². The Morgan fingerprint density at radius 3 is 1.50 bits per heavy atom. The number of pyridine rings is 1. The van der Waals surface area contributed by atoms with E-state index in [0.717, 1.165) is 0 Å². The summed E-state index contributed by atoms with van der Waals surface area (Å²) in [7, 11) is -2.55. The number of benzene rings is 1. The van der Waals surface area contributed by atoms with Crippen molar-refractivity contribution in [3.05, 3.63) is 53.9 Å². The number of phenolic OH excluding ortho intramolecular Hbond substituents is 1. The fourth-order valence-corrected chi connectivity index (χ4v) is 2.90. The van der Waals surface area contributed by atoms with Crippen molar-refractivity contribution in [2.45, 2.75) is 57.3 Å². The maximum absolute atomic E-state index is 11.3. The van der Waals surface area contributed by atoms with Crippen LogP contribution in [0.3, 0.4) is 0 Å². The van der Waals surface area contributed by atoms with Crippen LogP contribution in [0.5, 0.6) is 5.75 Å².